The lowest BCUT2D eigenvalue weighted by atomic mass is 10.2. The van der Waals surface area contributed by atoms with Crippen molar-refractivity contribution in [3.63, 3.8) is 0 Å². The number of hydrogen-bond acceptors (Lipinski definition) is 5. The molecule has 1 aromatic carbocycles. The summed E-state index contributed by atoms with van der Waals surface area (Å²) in [5, 5.41) is -1.29. The maximum atomic E-state index is 12.5. The van der Waals surface area contributed by atoms with Crippen molar-refractivity contribution in [3.8, 4) is 5.75 Å². The smallest absolute Gasteiger partial charge is 0.324 e. The van der Waals surface area contributed by atoms with Gasteiger partial charge in [0.25, 0.3) is 0 Å². The zero-order valence-corrected chi connectivity index (χ0v) is 13.2. The van der Waals surface area contributed by atoms with E-state index >= 15 is 0 Å². The number of esters is 1. The van der Waals surface area contributed by atoms with Crippen molar-refractivity contribution in [3.05, 3.63) is 24.3 Å². The van der Waals surface area contributed by atoms with Gasteiger partial charge in [-0.3, -0.25) is 4.79 Å². The van der Waals surface area contributed by atoms with Crippen LogP contribution in [0.5, 0.6) is 5.75 Å². The molecule has 0 aliphatic rings. The normalized spacial score (nSPS) is 13.7. The zero-order chi connectivity index (χ0) is 15.6. The molecule has 0 spiro atoms. The van der Waals surface area contributed by atoms with Crippen LogP contribution < -0.4 is 4.74 Å². The van der Waals surface area contributed by atoms with Crippen LogP contribution in [0.15, 0.2) is 29.2 Å². The Morgan fingerprint density at radius 2 is 1.75 bits per heavy atom. The summed E-state index contributed by atoms with van der Waals surface area (Å²) in [5.41, 5.74) is -0.734. The first-order chi connectivity index (χ1) is 9.09. The number of benzene rings is 1. The van der Waals surface area contributed by atoms with E-state index in [0.29, 0.717) is 0 Å². The van der Waals surface area contributed by atoms with E-state index in [2.05, 4.69) is 0 Å². The van der Waals surface area contributed by atoms with E-state index in [1.54, 1.807) is 32.9 Å². The number of sulfone groups is 1. The monoisotopic (exact) mass is 300 g/mol. The number of ether oxygens (including phenoxy) is 2. The van der Waals surface area contributed by atoms with E-state index in [1.165, 1.54) is 26.2 Å². The topological polar surface area (TPSA) is 69.7 Å². The molecule has 0 saturated carbocycles. The van der Waals surface area contributed by atoms with Gasteiger partial charge in [-0.05, 0) is 39.8 Å². The SMILES string of the molecule is COc1ccccc1S(=O)(=O)C(C)C(=O)OC(C)(C)C. The molecule has 1 unspecified atom stereocenters. The number of para-hydroxylation sites is 1. The molecule has 1 atom stereocenters. The van der Waals surface area contributed by atoms with E-state index in [0.717, 1.165) is 0 Å². The molecule has 0 fully saturated rings. The maximum Gasteiger partial charge on any atom is 0.324 e. The van der Waals surface area contributed by atoms with Crippen molar-refractivity contribution in [1.29, 1.82) is 0 Å². The third-order valence-electron chi connectivity index (χ3n) is 2.58. The van der Waals surface area contributed by atoms with E-state index in [1.807, 2.05) is 0 Å². The summed E-state index contributed by atoms with van der Waals surface area (Å²) in [6.07, 6.45) is 0. The third kappa shape index (κ3) is 3.72. The standard InChI is InChI=1S/C14H20O5S/c1-10(13(15)19-14(2,3)4)20(16,17)12-9-7-6-8-11(12)18-5/h6-10H,1-5H3. The highest BCUT2D eigenvalue weighted by molar-refractivity contribution is 7.92. The molecule has 0 saturated heterocycles. The molecular formula is C14H20O5S. The lowest BCUT2D eigenvalue weighted by Gasteiger charge is -2.22. The largest absolute Gasteiger partial charge is 0.495 e. The molecule has 1 rings (SSSR count). The van der Waals surface area contributed by atoms with Gasteiger partial charge in [0.05, 0.1) is 7.11 Å². The van der Waals surface area contributed by atoms with Crippen LogP contribution >= 0.6 is 0 Å². The Morgan fingerprint density at radius 1 is 1.20 bits per heavy atom. The average Bonchev–Trinajstić information content (AvgIpc) is 2.35. The average molecular weight is 300 g/mol. The Balaban J connectivity index is 3.13. The summed E-state index contributed by atoms with van der Waals surface area (Å²) < 4.78 is 35.1. The van der Waals surface area contributed by atoms with Crippen molar-refractivity contribution in [2.24, 2.45) is 0 Å². The molecule has 0 radical (unpaired) electrons. The lowest BCUT2D eigenvalue weighted by molar-refractivity contribution is -0.153. The summed E-state index contributed by atoms with van der Waals surface area (Å²) in [6, 6.07) is 6.19. The molecule has 0 amide bonds. The number of carbonyl (C=O) groups excluding carboxylic acids is 1. The molecule has 1 aromatic rings. The van der Waals surface area contributed by atoms with Crippen molar-refractivity contribution < 1.29 is 22.7 Å². The summed E-state index contributed by atoms with van der Waals surface area (Å²) in [5.74, 6) is -0.564. The number of rotatable bonds is 4. The highest BCUT2D eigenvalue weighted by Crippen LogP contribution is 2.27. The molecule has 5 nitrogen and oxygen atoms in total. The van der Waals surface area contributed by atoms with Crippen LogP contribution in [0.4, 0.5) is 0 Å². The quantitative estimate of drug-likeness (QED) is 0.797. The molecule has 0 N–H and O–H groups in total. The van der Waals surface area contributed by atoms with Gasteiger partial charge >= 0.3 is 5.97 Å². The van der Waals surface area contributed by atoms with Crippen molar-refractivity contribution in [2.45, 2.75) is 43.4 Å². The minimum absolute atomic E-state index is 0.0131. The second-order valence-corrected chi connectivity index (χ2v) is 7.61. The lowest BCUT2D eigenvalue weighted by Crippen LogP contribution is -2.35. The molecule has 0 bridgehead atoms. The van der Waals surface area contributed by atoms with Crippen molar-refractivity contribution >= 4 is 15.8 Å². The first-order valence-electron chi connectivity index (χ1n) is 6.19. The number of hydrogen-bond donors (Lipinski definition) is 0. The summed E-state index contributed by atoms with van der Waals surface area (Å²) in [7, 11) is -2.47. The van der Waals surface area contributed by atoms with Gasteiger partial charge in [0.2, 0.25) is 0 Å². The van der Waals surface area contributed by atoms with Gasteiger partial charge in [0.15, 0.2) is 15.1 Å². The van der Waals surface area contributed by atoms with E-state index in [4.69, 9.17) is 9.47 Å². The summed E-state index contributed by atoms with van der Waals surface area (Å²) in [6.45, 7) is 6.38. The van der Waals surface area contributed by atoms with Gasteiger partial charge in [0.1, 0.15) is 16.2 Å². The molecule has 6 heteroatoms. The van der Waals surface area contributed by atoms with Gasteiger partial charge < -0.3 is 9.47 Å². The highest BCUT2D eigenvalue weighted by atomic mass is 32.2. The number of carbonyl (C=O) groups is 1. The van der Waals surface area contributed by atoms with Crippen LogP contribution in [0, 0.1) is 0 Å². The Morgan fingerprint density at radius 3 is 2.25 bits per heavy atom. The minimum Gasteiger partial charge on any atom is -0.495 e. The third-order valence-corrected chi connectivity index (χ3v) is 4.65. The molecule has 0 heterocycles. The van der Waals surface area contributed by atoms with Crippen LogP contribution in [0.2, 0.25) is 0 Å². The van der Waals surface area contributed by atoms with Crippen LogP contribution in [-0.4, -0.2) is 32.3 Å². The first-order valence-corrected chi connectivity index (χ1v) is 7.74. The maximum absolute atomic E-state index is 12.5. The predicted octanol–water partition coefficient (Wildman–Crippen LogP) is 2.20. The van der Waals surface area contributed by atoms with Gasteiger partial charge in [-0.15, -0.1) is 0 Å². The fourth-order valence-electron chi connectivity index (χ4n) is 1.56. The molecule has 20 heavy (non-hydrogen) atoms. The Bertz CT molecular complexity index is 584. The highest BCUT2D eigenvalue weighted by Gasteiger charge is 2.35. The fourth-order valence-corrected chi connectivity index (χ4v) is 2.94. The van der Waals surface area contributed by atoms with E-state index in [-0.39, 0.29) is 10.6 Å². The van der Waals surface area contributed by atoms with Gasteiger partial charge in [0, 0.05) is 0 Å². The molecular weight excluding hydrogens is 280 g/mol. The second kappa shape index (κ2) is 5.83. The Hall–Kier alpha value is -1.56. The van der Waals surface area contributed by atoms with Crippen LogP contribution in [-0.2, 0) is 19.4 Å². The molecule has 0 aliphatic heterocycles. The van der Waals surface area contributed by atoms with Gasteiger partial charge in [-0.2, -0.15) is 0 Å². The van der Waals surface area contributed by atoms with Crippen molar-refractivity contribution in [2.75, 3.05) is 7.11 Å². The van der Waals surface area contributed by atoms with Crippen molar-refractivity contribution in [1.82, 2.24) is 0 Å². The van der Waals surface area contributed by atoms with E-state index in [9.17, 15) is 13.2 Å². The van der Waals surface area contributed by atoms with Crippen LogP contribution in [0.1, 0.15) is 27.7 Å². The Labute approximate surface area is 119 Å². The number of methoxy groups -OCH3 is 1. The summed E-state index contributed by atoms with van der Waals surface area (Å²) >= 11 is 0. The first kappa shape index (κ1) is 16.5. The Kier molecular flexibility index (Phi) is 4.81. The minimum atomic E-state index is -3.85. The van der Waals surface area contributed by atoms with Gasteiger partial charge in [-0.25, -0.2) is 8.42 Å². The second-order valence-electron chi connectivity index (χ2n) is 5.37. The summed E-state index contributed by atoms with van der Waals surface area (Å²) in [4.78, 5) is 11.9. The van der Waals surface area contributed by atoms with E-state index < -0.39 is 26.7 Å². The fraction of sp³-hybridized carbons (Fsp3) is 0.500. The predicted molar refractivity (Wildman–Crippen MR) is 75.5 cm³/mol. The zero-order valence-electron chi connectivity index (χ0n) is 12.3. The van der Waals surface area contributed by atoms with Gasteiger partial charge in [-0.1, -0.05) is 12.1 Å². The van der Waals surface area contributed by atoms with Crippen LogP contribution in [0.3, 0.4) is 0 Å². The molecule has 0 aliphatic carbocycles. The molecule has 112 valence electrons. The van der Waals surface area contributed by atoms with Crippen LogP contribution in [0.25, 0.3) is 0 Å². The molecule has 0 aromatic heterocycles.